The smallest absolute Gasteiger partial charge is 0.267 e. The number of aryl methyl sites for hydroxylation is 1. The zero-order valence-corrected chi connectivity index (χ0v) is 19.3. The predicted molar refractivity (Wildman–Crippen MR) is 127 cm³/mol. The van der Waals surface area contributed by atoms with Crippen LogP contribution >= 0.6 is 11.8 Å². The minimum Gasteiger partial charge on any atom is -0.353 e. The molecule has 6 nitrogen and oxygen atoms in total. The van der Waals surface area contributed by atoms with Gasteiger partial charge in [0.2, 0.25) is 5.91 Å². The van der Waals surface area contributed by atoms with Crippen molar-refractivity contribution in [1.29, 1.82) is 0 Å². The molecule has 1 N–H and O–H groups in total. The number of fused-ring (bicyclic) bond motifs is 3. The first-order valence-corrected chi connectivity index (χ1v) is 12.3. The van der Waals surface area contributed by atoms with E-state index in [9.17, 15) is 9.59 Å². The first-order valence-electron chi connectivity index (χ1n) is 11.4. The Balaban J connectivity index is 1.38. The third kappa shape index (κ3) is 4.06. The van der Waals surface area contributed by atoms with Gasteiger partial charge < -0.3 is 5.32 Å². The Labute approximate surface area is 191 Å². The lowest BCUT2D eigenvalue weighted by Gasteiger charge is -2.28. The molecular formula is C25H28N4O2S. The van der Waals surface area contributed by atoms with Gasteiger partial charge in [0, 0.05) is 12.2 Å². The van der Waals surface area contributed by atoms with Crippen LogP contribution in [0.4, 0.5) is 0 Å². The lowest BCUT2D eigenvalue weighted by Crippen LogP contribution is -2.41. The SMILES string of the molecule is Cc1ccnc(-n2c(SCC(=O)NC(C)C3CC4CCC3C4)nc3ccccc3c2=O)c1. The highest BCUT2D eigenvalue weighted by Crippen LogP contribution is 2.49. The fraction of sp³-hybridized carbons (Fsp3) is 0.440. The molecule has 1 amide bonds. The Morgan fingerprint density at radius 1 is 1.25 bits per heavy atom. The van der Waals surface area contributed by atoms with Crippen LogP contribution in [0.15, 0.2) is 52.5 Å². The molecule has 166 valence electrons. The second-order valence-corrected chi connectivity index (χ2v) is 10.2. The van der Waals surface area contributed by atoms with Crippen LogP contribution in [0.25, 0.3) is 16.7 Å². The van der Waals surface area contributed by atoms with Crippen molar-refractivity contribution in [1.82, 2.24) is 19.9 Å². The molecule has 0 aliphatic heterocycles. The monoisotopic (exact) mass is 448 g/mol. The van der Waals surface area contributed by atoms with Gasteiger partial charge >= 0.3 is 0 Å². The molecular weight excluding hydrogens is 420 g/mol. The number of rotatable bonds is 6. The first-order chi connectivity index (χ1) is 15.5. The molecule has 2 fully saturated rings. The van der Waals surface area contributed by atoms with E-state index in [1.807, 2.05) is 37.3 Å². The van der Waals surface area contributed by atoms with Crippen molar-refractivity contribution in [3.63, 3.8) is 0 Å². The van der Waals surface area contributed by atoms with E-state index in [4.69, 9.17) is 4.98 Å². The van der Waals surface area contributed by atoms with Crippen LogP contribution in [0.5, 0.6) is 0 Å². The van der Waals surface area contributed by atoms with Crippen LogP contribution in [0.2, 0.25) is 0 Å². The van der Waals surface area contributed by atoms with Crippen molar-refractivity contribution in [2.75, 3.05) is 5.75 Å². The second-order valence-electron chi connectivity index (χ2n) is 9.23. The minimum absolute atomic E-state index is 0.0172. The number of thioether (sulfide) groups is 1. The highest BCUT2D eigenvalue weighted by atomic mass is 32.2. The summed E-state index contributed by atoms with van der Waals surface area (Å²) < 4.78 is 1.52. The molecule has 2 heterocycles. The third-order valence-corrected chi connectivity index (χ3v) is 7.97. The highest BCUT2D eigenvalue weighted by Gasteiger charge is 2.42. The van der Waals surface area contributed by atoms with E-state index < -0.39 is 0 Å². The maximum absolute atomic E-state index is 13.3. The Hall–Kier alpha value is -2.67. The maximum atomic E-state index is 13.3. The van der Waals surface area contributed by atoms with Gasteiger partial charge in [0.1, 0.15) is 5.82 Å². The van der Waals surface area contributed by atoms with Crippen molar-refractivity contribution in [3.05, 3.63) is 58.5 Å². The number of hydrogen-bond acceptors (Lipinski definition) is 5. The largest absolute Gasteiger partial charge is 0.353 e. The molecule has 0 spiro atoms. The molecule has 4 unspecified atom stereocenters. The number of nitrogens with one attached hydrogen (secondary N) is 1. The van der Waals surface area contributed by atoms with Gasteiger partial charge in [-0.25, -0.2) is 14.5 Å². The molecule has 2 aliphatic rings. The first kappa shape index (κ1) is 21.2. The van der Waals surface area contributed by atoms with Crippen molar-refractivity contribution in [2.24, 2.45) is 17.8 Å². The van der Waals surface area contributed by atoms with Crippen molar-refractivity contribution >= 4 is 28.6 Å². The van der Waals surface area contributed by atoms with Gasteiger partial charge in [-0.05, 0) is 80.7 Å². The minimum atomic E-state index is -0.174. The van der Waals surface area contributed by atoms with Crippen LogP contribution in [-0.2, 0) is 4.79 Å². The van der Waals surface area contributed by atoms with Gasteiger partial charge in [-0.2, -0.15) is 0 Å². The molecule has 4 atom stereocenters. The summed E-state index contributed by atoms with van der Waals surface area (Å²) in [5.41, 5.74) is 1.45. The molecule has 1 aromatic carbocycles. The zero-order chi connectivity index (χ0) is 22.2. The van der Waals surface area contributed by atoms with Crippen molar-refractivity contribution in [2.45, 2.75) is 50.7 Å². The average Bonchev–Trinajstić information content (AvgIpc) is 3.42. The number of carbonyl (C=O) groups excluding carboxylic acids is 1. The second kappa shape index (κ2) is 8.70. The fourth-order valence-corrected chi connectivity index (χ4v) is 6.30. The van der Waals surface area contributed by atoms with Crippen LogP contribution in [-0.4, -0.2) is 32.2 Å². The molecule has 5 rings (SSSR count). The molecule has 2 saturated carbocycles. The molecule has 2 aliphatic carbocycles. The quantitative estimate of drug-likeness (QED) is 0.453. The van der Waals surface area contributed by atoms with Gasteiger partial charge in [0.25, 0.3) is 5.56 Å². The molecule has 2 bridgehead atoms. The molecule has 0 saturated heterocycles. The zero-order valence-electron chi connectivity index (χ0n) is 18.5. The summed E-state index contributed by atoms with van der Waals surface area (Å²) in [6.45, 7) is 4.09. The van der Waals surface area contributed by atoms with E-state index >= 15 is 0 Å². The third-order valence-electron chi connectivity index (χ3n) is 7.03. The van der Waals surface area contributed by atoms with Crippen molar-refractivity contribution < 1.29 is 4.79 Å². The van der Waals surface area contributed by atoms with E-state index in [2.05, 4.69) is 17.2 Å². The van der Waals surface area contributed by atoms with E-state index in [1.54, 1.807) is 12.3 Å². The predicted octanol–water partition coefficient (Wildman–Crippen LogP) is 4.12. The maximum Gasteiger partial charge on any atom is 0.267 e. The highest BCUT2D eigenvalue weighted by molar-refractivity contribution is 7.99. The molecule has 0 radical (unpaired) electrons. The van der Waals surface area contributed by atoms with E-state index in [1.165, 1.54) is 42.0 Å². The van der Waals surface area contributed by atoms with Crippen molar-refractivity contribution in [3.8, 4) is 5.82 Å². The Kier molecular flexibility index (Phi) is 5.76. The summed E-state index contributed by atoms with van der Waals surface area (Å²) in [7, 11) is 0. The van der Waals surface area contributed by atoms with Gasteiger partial charge in [-0.1, -0.05) is 30.3 Å². The summed E-state index contributed by atoms with van der Waals surface area (Å²) >= 11 is 1.28. The number of benzene rings is 1. The van der Waals surface area contributed by atoms with Crippen LogP contribution in [0, 0.1) is 24.7 Å². The number of nitrogens with zero attached hydrogens (tertiary/aromatic N) is 3. The average molecular weight is 449 g/mol. The lowest BCUT2D eigenvalue weighted by atomic mass is 9.84. The van der Waals surface area contributed by atoms with Gasteiger partial charge in [0.15, 0.2) is 5.16 Å². The number of pyridine rings is 1. The Morgan fingerprint density at radius 2 is 2.09 bits per heavy atom. The summed E-state index contributed by atoms with van der Waals surface area (Å²) in [5, 5.41) is 4.22. The molecule has 2 aromatic heterocycles. The Bertz CT molecular complexity index is 1220. The topological polar surface area (TPSA) is 76.9 Å². The summed E-state index contributed by atoms with van der Waals surface area (Å²) in [6.07, 6.45) is 6.92. The van der Waals surface area contributed by atoms with Gasteiger partial charge in [0.05, 0.1) is 16.7 Å². The molecule has 3 aromatic rings. The summed E-state index contributed by atoms with van der Waals surface area (Å²) in [6, 6.07) is 11.2. The van der Waals surface area contributed by atoms with Crippen LogP contribution < -0.4 is 10.9 Å². The number of carbonyl (C=O) groups is 1. The normalized spacial score (nSPS) is 22.9. The van der Waals surface area contributed by atoms with Crippen LogP contribution in [0.1, 0.15) is 38.2 Å². The number of hydrogen-bond donors (Lipinski definition) is 1. The molecule has 7 heteroatoms. The number of amides is 1. The van der Waals surface area contributed by atoms with E-state index in [0.29, 0.717) is 27.8 Å². The number of para-hydroxylation sites is 1. The van der Waals surface area contributed by atoms with Crippen LogP contribution in [0.3, 0.4) is 0 Å². The van der Waals surface area contributed by atoms with Gasteiger partial charge in [-0.15, -0.1) is 0 Å². The van der Waals surface area contributed by atoms with E-state index in [-0.39, 0.29) is 23.3 Å². The number of aromatic nitrogens is 3. The summed E-state index contributed by atoms with van der Waals surface area (Å²) in [5.74, 6) is 2.93. The lowest BCUT2D eigenvalue weighted by molar-refractivity contribution is -0.119. The van der Waals surface area contributed by atoms with Gasteiger partial charge in [-0.3, -0.25) is 9.59 Å². The van der Waals surface area contributed by atoms with E-state index in [0.717, 1.165) is 17.4 Å². The Morgan fingerprint density at radius 3 is 2.84 bits per heavy atom. The fourth-order valence-electron chi connectivity index (χ4n) is 5.49. The molecule has 32 heavy (non-hydrogen) atoms. The standard InChI is InChI=1S/C25H28N4O2S/c1-15-9-10-26-22(11-15)29-24(31)19-5-3-4-6-21(19)28-25(29)32-14-23(30)27-16(2)20-13-17-7-8-18(20)12-17/h3-6,9-11,16-18,20H,7-8,12-14H2,1-2H3,(H,27,30). The summed E-state index contributed by atoms with van der Waals surface area (Å²) in [4.78, 5) is 35.2.